The van der Waals surface area contributed by atoms with E-state index in [0.717, 1.165) is 25.7 Å². The third kappa shape index (κ3) is 6.02. The van der Waals surface area contributed by atoms with Crippen molar-refractivity contribution in [2.75, 3.05) is 0 Å². The van der Waals surface area contributed by atoms with Crippen LogP contribution in [0.5, 0.6) is 0 Å². The van der Waals surface area contributed by atoms with Crippen molar-refractivity contribution < 1.29 is 24.9 Å². The van der Waals surface area contributed by atoms with Gasteiger partial charge in [0.1, 0.15) is 5.78 Å². The van der Waals surface area contributed by atoms with Gasteiger partial charge in [0.05, 0.1) is 12.2 Å². The highest BCUT2D eigenvalue weighted by Gasteiger charge is 2.42. The lowest BCUT2D eigenvalue weighted by atomic mass is 9.62. The Labute approximate surface area is 168 Å². The van der Waals surface area contributed by atoms with Crippen LogP contribution in [0, 0.1) is 17.3 Å². The van der Waals surface area contributed by atoms with Gasteiger partial charge in [-0.1, -0.05) is 44.1 Å². The van der Waals surface area contributed by atoms with Crippen molar-refractivity contribution in [3.8, 4) is 0 Å². The Morgan fingerprint density at radius 2 is 2.04 bits per heavy atom. The summed E-state index contributed by atoms with van der Waals surface area (Å²) in [6, 6.07) is 0. The molecule has 0 saturated heterocycles. The van der Waals surface area contributed by atoms with E-state index in [0.29, 0.717) is 25.7 Å². The number of hydrogen-bond acceptors (Lipinski definition) is 4. The predicted octanol–water partition coefficient (Wildman–Crippen LogP) is 4.03. The molecule has 0 heterocycles. The smallest absolute Gasteiger partial charge is 0.303 e. The zero-order valence-corrected chi connectivity index (χ0v) is 17.1. The Bertz CT molecular complexity index is 576. The molecule has 0 bridgehead atoms. The highest BCUT2D eigenvalue weighted by atomic mass is 16.4. The van der Waals surface area contributed by atoms with E-state index in [2.05, 4.69) is 6.92 Å². The number of Topliss-reactive ketones (excluding diaryl/α,β-unsaturated/α-hetero) is 1. The number of unbranched alkanes of at least 4 members (excludes halogenated alkanes) is 1. The largest absolute Gasteiger partial charge is 0.481 e. The number of carbonyl (C=O) groups excluding carboxylic acids is 1. The molecule has 2 aliphatic rings. The normalized spacial score (nSPS) is 28.1. The van der Waals surface area contributed by atoms with Crippen molar-refractivity contribution in [1.82, 2.24) is 0 Å². The van der Waals surface area contributed by atoms with Crippen LogP contribution < -0.4 is 0 Å². The van der Waals surface area contributed by atoms with Gasteiger partial charge in [-0.05, 0) is 50.4 Å². The molecule has 0 amide bonds. The summed E-state index contributed by atoms with van der Waals surface area (Å²) in [5, 5.41) is 29.6. The predicted molar refractivity (Wildman–Crippen MR) is 109 cm³/mol. The van der Waals surface area contributed by atoms with E-state index >= 15 is 0 Å². The molecule has 5 nitrogen and oxygen atoms in total. The second-order valence-electron chi connectivity index (χ2n) is 8.56. The highest BCUT2D eigenvalue weighted by Crippen LogP contribution is 2.48. The quantitative estimate of drug-likeness (QED) is 0.344. The number of aliphatic carboxylic acids is 1. The number of ketones is 1. The number of carbonyl (C=O) groups is 2. The van der Waals surface area contributed by atoms with Gasteiger partial charge in [-0.3, -0.25) is 9.59 Å². The minimum Gasteiger partial charge on any atom is -0.481 e. The van der Waals surface area contributed by atoms with Gasteiger partial charge in [0, 0.05) is 24.7 Å². The van der Waals surface area contributed by atoms with Crippen molar-refractivity contribution in [2.45, 2.75) is 89.8 Å². The summed E-state index contributed by atoms with van der Waals surface area (Å²) in [4.78, 5) is 22.8. The van der Waals surface area contributed by atoms with E-state index in [-0.39, 0.29) is 42.0 Å². The Balaban J connectivity index is 1.85. The number of aliphatic hydroxyl groups excluding tert-OH is 2. The third-order valence-corrected chi connectivity index (χ3v) is 6.57. The van der Waals surface area contributed by atoms with Gasteiger partial charge in [0.2, 0.25) is 0 Å². The number of carboxylic acid groups (broad SMARTS) is 1. The zero-order chi connectivity index (χ0) is 20.6. The van der Waals surface area contributed by atoms with Crippen LogP contribution in [-0.2, 0) is 9.59 Å². The number of aliphatic hydroxyl groups is 2. The minimum atomic E-state index is -0.794. The SMILES string of the molecule is CCCC1([C@H](O)C/C=C/[C@H]2C(O)CC(=O)[C@@H]2C/C=C\CCCC(=O)O)CCC1. The van der Waals surface area contributed by atoms with E-state index in [9.17, 15) is 19.8 Å². The molecule has 0 aromatic carbocycles. The van der Waals surface area contributed by atoms with Crippen molar-refractivity contribution >= 4 is 11.8 Å². The van der Waals surface area contributed by atoms with Crippen LogP contribution in [0.1, 0.15) is 77.6 Å². The molecule has 28 heavy (non-hydrogen) atoms. The number of allylic oxidation sites excluding steroid dienone is 2. The fraction of sp³-hybridized carbons (Fsp3) is 0.739. The molecule has 3 N–H and O–H groups in total. The lowest BCUT2D eigenvalue weighted by Gasteiger charge is -2.45. The molecule has 2 aliphatic carbocycles. The second-order valence-corrected chi connectivity index (χ2v) is 8.56. The Kier molecular flexibility index (Phi) is 8.90. The first kappa shape index (κ1) is 22.8. The zero-order valence-electron chi connectivity index (χ0n) is 17.1. The van der Waals surface area contributed by atoms with Crippen molar-refractivity contribution in [3.05, 3.63) is 24.3 Å². The van der Waals surface area contributed by atoms with Gasteiger partial charge < -0.3 is 15.3 Å². The number of hydrogen-bond donors (Lipinski definition) is 3. The summed E-state index contributed by atoms with van der Waals surface area (Å²) in [5.41, 5.74) is 0.0707. The average molecular weight is 393 g/mol. The van der Waals surface area contributed by atoms with Crippen LogP contribution in [-0.4, -0.2) is 39.3 Å². The molecular formula is C23H36O5. The molecule has 0 aliphatic heterocycles. The lowest BCUT2D eigenvalue weighted by molar-refractivity contribution is -0.137. The lowest BCUT2D eigenvalue weighted by Crippen LogP contribution is -2.41. The number of carboxylic acids is 1. The Hall–Kier alpha value is -1.46. The van der Waals surface area contributed by atoms with Crippen LogP contribution in [0.25, 0.3) is 0 Å². The molecule has 0 spiro atoms. The van der Waals surface area contributed by atoms with Crippen LogP contribution in [0.15, 0.2) is 24.3 Å². The summed E-state index contributed by atoms with van der Waals surface area (Å²) >= 11 is 0. The summed E-state index contributed by atoms with van der Waals surface area (Å²) in [5.74, 6) is -1.14. The first-order valence-electron chi connectivity index (χ1n) is 10.8. The second kappa shape index (κ2) is 10.9. The molecular weight excluding hydrogens is 356 g/mol. The molecule has 158 valence electrons. The van der Waals surface area contributed by atoms with Gasteiger partial charge >= 0.3 is 5.97 Å². The molecule has 2 rings (SSSR count). The van der Waals surface area contributed by atoms with E-state index in [1.54, 1.807) is 0 Å². The number of rotatable bonds is 12. The average Bonchev–Trinajstić information content (AvgIpc) is 2.87. The van der Waals surface area contributed by atoms with Crippen molar-refractivity contribution in [3.63, 3.8) is 0 Å². The maximum atomic E-state index is 12.2. The molecule has 0 aromatic rings. The fourth-order valence-corrected chi connectivity index (χ4v) is 4.75. The summed E-state index contributed by atoms with van der Waals surface area (Å²) in [6.07, 6.45) is 15.0. The summed E-state index contributed by atoms with van der Waals surface area (Å²) in [6.45, 7) is 2.16. The van der Waals surface area contributed by atoms with Crippen LogP contribution in [0.2, 0.25) is 0 Å². The minimum absolute atomic E-state index is 0.0707. The summed E-state index contributed by atoms with van der Waals surface area (Å²) in [7, 11) is 0. The van der Waals surface area contributed by atoms with Crippen LogP contribution in [0.4, 0.5) is 0 Å². The molecule has 4 atom stereocenters. The highest BCUT2D eigenvalue weighted by molar-refractivity contribution is 5.84. The van der Waals surface area contributed by atoms with Gasteiger partial charge in [-0.2, -0.15) is 0 Å². The van der Waals surface area contributed by atoms with E-state index in [1.165, 1.54) is 6.42 Å². The van der Waals surface area contributed by atoms with E-state index in [1.807, 2.05) is 24.3 Å². The molecule has 2 saturated carbocycles. The Morgan fingerprint density at radius 3 is 2.64 bits per heavy atom. The fourth-order valence-electron chi connectivity index (χ4n) is 4.75. The van der Waals surface area contributed by atoms with Crippen LogP contribution >= 0.6 is 0 Å². The first-order chi connectivity index (χ1) is 13.4. The Morgan fingerprint density at radius 1 is 1.29 bits per heavy atom. The van der Waals surface area contributed by atoms with E-state index in [4.69, 9.17) is 5.11 Å². The van der Waals surface area contributed by atoms with Crippen molar-refractivity contribution in [2.24, 2.45) is 17.3 Å². The first-order valence-corrected chi connectivity index (χ1v) is 10.8. The molecule has 0 radical (unpaired) electrons. The summed E-state index contributed by atoms with van der Waals surface area (Å²) < 4.78 is 0. The molecule has 1 unspecified atom stereocenters. The third-order valence-electron chi connectivity index (χ3n) is 6.57. The van der Waals surface area contributed by atoms with E-state index < -0.39 is 12.1 Å². The monoisotopic (exact) mass is 392 g/mol. The van der Waals surface area contributed by atoms with Gasteiger partial charge in [-0.25, -0.2) is 0 Å². The molecule has 0 aromatic heterocycles. The standard InChI is InChI=1S/C23H36O5/c1-2-13-23(14-8-15-23)21(26)11-7-10-18-17(19(24)16-20(18)25)9-5-3-4-6-12-22(27)28/h3,5,7,10,17-18,20-21,25-26H,2,4,6,8-9,11-16H2,1H3,(H,27,28)/b5-3-,10-7+/t17-,18-,20?,21-/m1/s1. The molecule has 2 fully saturated rings. The van der Waals surface area contributed by atoms with Gasteiger partial charge in [0.25, 0.3) is 0 Å². The van der Waals surface area contributed by atoms with Gasteiger partial charge in [0.15, 0.2) is 0 Å². The molecule has 5 heteroatoms. The maximum Gasteiger partial charge on any atom is 0.303 e. The van der Waals surface area contributed by atoms with Crippen molar-refractivity contribution in [1.29, 1.82) is 0 Å². The van der Waals surface area contributed by atoms with Gasteiger partial charge in [-0.15, -0.1) is 0 Å². The maximum absolute atomic E-state index is 12.2. The van der Waals surface area contributed by atoms with Crippen LogP contribution in [0.3, 0.4) is 0 Å². The topological polar surface area (TPSA) is 94.8 Å².